The van der Waals surface area contributed by atoms with E-state index in [1.54, 1.807) is 20.8 Å². The second-order valence-corrected chi connectivity index (χ2v) is 7.22. The molecule has 0 bridgehead atoms. The van der Waals surface area contributed by atoms with E-state index in [2.05, 4.69) is 15.5 Å². The third kappa shape index (κ3) is 5.72. The molecule has 9 nitrogen and oxygen atoms in total. The maximum atomic E-state index is 11.9. The largest absolute Gasteiger partial charge is 0.444 e. The Hall–Kier alpha value is -2.10. The van der Waals surface area contributed by atoms with Crippen molar-refractivity contribution < 1.29 is 22.7 Å². The van der Waals surface area contributed by atoms with E-state index in [0.29, 0.717) is 5.69 Å². The summed E-state index contributed by atoms with van der Waals surface area (Å²) in [5.74, 6) is -0.739. The summed E-state index contributed by atoms with van der Waals surface area (Å²) in [6.45, 7) is 6.61. The Kier molecular flexibility index (Phi) is 5.53. The van der Waals surface area contributed by atoms with Crippen LogP contribution in [0.4, 0.5) is 4.79 Å². The van der Waals surface area contributed by atoms with E-state index >= 15 is 0 Å². The van der Waals surface area contributed by atoms with Gasteiger partial charge in [-0.3, -0.25) is 9.89 Å². The van der Waals surface area contributed by atoms with Crippen LogP contribution in [0.2, 0.25) is 0 Å². The van der Waals surface area contributed by atoms with Gasteiger partial charge in [0.05, 0.1) is 11.9 Å². The van der Waals surface area contributed by atoms with E-state index in [-0.39, 0.29) is 17.9 Å². The van der Waals surface area contributed by atoms with Crippen molar-refractivity contribution in [3.05, 3.63) is 11.9 Å². The Morgan fingerprint density at radius 1 is 1.36 bits per heavy atom. The fourth-order valence-electron chi connectivity index (χ4n) is 1.46. The standard InChI is InChI=1S/C12H20N4O5S/c1-8-9(7-14-15-8)22(19,20)16-10(17)5-6-13-11(18)21-12(2,3)4/h7H,5-6H2,1-4H3,(H,13,18)(H,14,15)(H,16,17). The van der Waals surface area contributed by atoms with Crippen LogP contribution in [0, 0.1) is 6.92 Å². The highest BCUT2D eigenvalue weighted by Gasteiger charge is 2.21. The van der Waals surface area contributed by atoms with E-state index in [1.807, 2.05) is 4.72 Å². The molecule has 10 heteroatoms. The van der Waals surface area contributed by atoms with Crippen LogP contribution in [0.1, 0.15) is 32.9 Å². The molecule has 1 rings (SSSR count). The van der Waals surface area contributed by atoms with Gasteiger partial charge >= 0.3 is 6.09 Å². The number of carbonyl (C=O) groups is 2. The number of aromatic amines is 1. The molecule has 0 saturated heterocycles. The summed E-state index contributed by atoms with van der Waals surface area (Å²) >= 11 is 0. The van der Waals surface area contributed by atoms with Crippen LogP contribution in [0.15, 0.2) is 11.1 Å². The van der Waals surface area contributed by atoms with Gasteiger partial charge in [-0.15, -0.1) is 0 Å². The molecular formula is C12H20N4O5S. The summed E-state index contributed by atoms with van der Waals surface area (Å²) in [5, 5.41) is 8.43. The van der Waals surface area contributed by atoms with E-state index in [1.165, 1.54) is 6.92 Å². The summed E-state index contributed by atoms with van der Waals surface area (Å²) in [7, 11) is -3.96. The summed E-state index contributed by atoms with van der Waals surface area (Å²) in [6.07, 6.45) is 0.244. The molecule has 3 N–H and O–H groups in total. The van der Waals surface area contributed by atoms with Crippen molar-refractivity contribution in [3.8, 4) is 0 Å². The second kappa shape index (κ2) is 6.77. The lowest BCUT2D eigenvalue weighted by molar-refractivity contribution is -0.119. The van der Waals surface area contributed by atoms with Crippen LogP contribution in [0.5, 0.6) is 0 Å². The zero-order valence-corrected chi connectivity index (χ0v) is 13.7. The average molecular weight is 332 g/mol. The number of nitrogens with one attached hydrogen (secondary N) is 3. The third-order valence-electron chi connectivity index (χ3n) is 2.34. The predicted octanol–water partition coefficient (Wildman–Crippen LogP) is 0.438. The number of hydrogen-bond donors (Lipinski definition) is 3. The molecule has 124 valence electrons. The maximum Gasteiger partial charge on any atom is 0.407 e. The minimum Gasteiger partial charge on any atom is -0.444 e. The van der Waals surface area contributed by atoms with Gasteiger partial charge in [-0.1, -0.05) is 0 Å². The molecule has 0 aliphatic rings. The molecule has 1 heterocycles. The summed E-state index contributed by atoms with van der Waals surface area (Å²) in [4.78, 5) is 22.9. The van der Waals surface area contributed by atoms with E-state index in [0.717, 1.165) is 6.20 Å². The minimum atomic E-state index is -3.96. The van der Waals surface area contributed by atoms with E-state index in [4.69, 9.17) is 4.74 Å². The van der Waals surface area contributed by atoms with Crippen LogP contribution in [-0.4, -0.2) is 42.8 Å². The number of ether oxygens (including phenoxy) is 1. The van der Waals surface area contributed by atoms with Crippen molar-refractivity contribution >= 4 is 22.0 Å². The smallest absolute Gasteiger partial charge is 0.407 e. The number of aromatic nitrogens is 2. The van der Waals surface area contributed by atoms with Gasteiger partial charge < -0.3 is 10.1 Å². The van der Waals surface area contributed by atoms with Gasteiger partial charge in [-0.2, -0.15) is 5.10 Å². The first-order chi connectivity index (χ1) is 10.0. The molecule has 0 unspecified atom stereocenters. The number of rotatable bonds is 5. The van der Waals surface area contributed by atoms with E-state index < -0.39 is 27.6 Å². The fraction of sp³-hybridized carbons (Fsp3) is 0.583. The first-order valence-electron chi connectivity index (χ1n) is 6.54. The molecule has 0 atom stereocenters. The molecule has 0 fully saturated rings. The highest BCUT2D eigenvalue weighted by Crippen LogP contribution is 2.10. The van der Waals surface area contributed by atoms with Gasteiger partial charge in [0.15, 0.2) is 0 Å². The van der Waals surface area contributed by atoms with Gasteiger partial charge in [0.2, 0.25) is 5.91 Å². The molecule has 0 spiro atoms. The monoisotopic (exact) mass is 332 g/mol. The van der Waals surface area contributed by atoms with Crippen molar-refractivity contribution in [2.45, 2.75) is 44.6 Å². The Morgan fingerprint density at radius 2 is 2.00 bits per heavy atom. The molecule has 0 aliphatic carbocycles. The number of amides is 2. The van der Waals surface area contributed by atoms with Crippen molar-refractivity contribution in [1.82, 2.24) is 20.2 Å². The van der Waals surface area contributed by atoms with E-state index in [9.17, 15) is 18.0 Å². The normalized spacial score (nSPS) is 11.8. The predicted molar refractivity (Wildman–Crippen MR) is 77.5 cm³/mol. The van der Waals surface area contributed by atoms with Gasteiger partial charge in [-0.25, -0.2) is 17.9 Å². The van der Waals surface area contributed by atoms with Crippen LogP contribution in [0.25, 0.3) is 0 Å². The maximum absolute atomic E-state index is 11.9. The minimum absolute atomic E-state index is 0.0410. The lowest BCUT2D eigenvalue weighted by Gasteiger charge is -2.19. The number of hydrogen-bond acceptors (Lipinski definition) is 6. The number of H-pyrrole nitrogens is 1. The first-order valence-corrected chi connectivity index (χ1v) is 8.02. The van der Waals surface area contributed by atoms with Crippen LogP contribution >= 0.6 is 0 Å². The van der Waals surface area contributed by atoms with Crippen molar-refractivity contribution in [1.29, 1.82) is 0 Å². The molecule has 1 aromatic heterocycles. The number of alkyl carbamates (subject to hydrolysis) is 1. The molecule has 0 radical (unpaired) electrons. The Labute approximate surface area is 128 Å². The van der Waals surface area contributed by atoms with Crippen molar-refractivity contribution in [2.75, 3.05) is 6.54 Å². The number of carbonyl (C=O) groups excluding carboxylic acids is 2. The number of nitrogens with zero attached hydrogens (tertiary/aromatic N) is 1. The van der Waals surface area contributed by atoms with Crippen LogP contribution in [0.3, 0.4) is 0 Å². The number of sulfonamides is 1. The molecule has 0 aliphatic heterocycles. The fourth-order valence-corrected chi connectivity index (χ4v) is 2.61. The lowest BCUT2D eigenvalue weighted by atomic mass is 10.2. The lowest BCUT2D eigenvalue weighted by Crippen LogP contribution is -2.36. The topological polar surface area (TPSA) is 130 Å². The first kappa shape index (κ1) is 18.0. The summed E-state index contributed by atoms with van der Waals surface area (Å²) < 4.78 is 30.7. The average Bonchev–Trinajstić information content (AvgIpc) is 2.72. The van der Waals surface area contributed by atoms with Crippen molar-refractivity contribution in [3.63, 3.8) is 0 Å². The highest BCUT2D eigenvalue weighted by molar-refractivity contribution is 7.90. The summed E-state index contributed by atoms with van der Waals surface area (Å²) in [6, 6.07) is 0. The Balaban J connectivity index is 2.45. The molecule has 1 aromatic rings. The molecule has 0 aromatic carbocycles. The highest BCUT2D eigenvalue weighted by atomic mass is 32.2. The quantitative estimate of drug-likeness (QED) is 0.717. The van der Waals surface area contributed by atoms with Gasteiger partial charge in [0.1, 0.15) is 10.5 Å². The van der Waals surface area contributed by atoms with Crippen molar-refractivity contribution in [2.24, 2.45) is 0 Å². The zero-order chi connectivity index (χ0) is 17.0. The molecule has 22 heavy (non-hydrogen) atoms. The third-order valence-corrected chi connectivity index (χ3v) is 3.83. The second-order valence-electron chi connectivity index (χ2n) is 5.57. The van der Waals surface area contributed by atoms with Gasteiger partial charge in [0.25, 0.3) is 10.0 Å². The Morgan fingerprint density at radius 3 is 2.50 bits per heavy atom. The van der Waals surface area contributed by atoms with Crippen LogP contribution in [-0.2, 0) is 19.6 Å². The zero-order valence-electron chi connectivity index (χ0n) is 12.9. The van der Waals surface area contributed by atoms with Crippen LogP contribution < -0.4 is 10.0 Å². The summed E-state index contributed by atoms with van der Waals surface area (Å²) in [5.41, 5.74) is -0.318. The van der Waals surface area contributed by atoms with Gasteiger partial charge in [0, 0.05) is 13.0 Å². The molecule has 2 amide bonds. The SMILES string of the molecule is Cc1[nH]ncc1S(=O)(=O)NC(=O)CCNC(=O)OC(C)(C)C. The number of aryl methyl sites for hydroxylation is 1. The Bertz CT molecular complexity index is 645. The molecule has 0 saturated carbocycles. The molecular weight excluding hydrogens is 312 g/mol. The van der Waals surface area contributed by atoms with Gasteiger partial charge in [-0.05, 0) is 27.7 Å².